The van der Waals surface area contributed by atoms with Crippen molar-refractivity contribution in [2.24, 2.45) is 5.92 Å². The van der Waals surface area contributed by atoms with Gasteiger partial charge in [0.2, 0.25) is 0 Å². The lowest BCUT2D eigenvalue weighted by Crippen LogP contribution is -2.23. The molecule has 26 heavy (non-hydrogen) atoms. The van der Waals surface area contributed by atoms with Gasteiger partial charge >= 0.3 is 0 Å². The highest BCUT2D eigenvalue weighted by molar-refractivity contribution is 9.10. The molecule has 0 radical (unpaired) electrons. The number of amides is 1. The normalized spacial score (nSPS) is 16.0. The molecule has 0 saturated heterocycles. The van der Waals surface area contributed by atoms with E-state index in [0.29, 0.717) is 11.6 Å². The summed E-state index contributed by atoms with van der Waals surface area (Å²) in [6, 6.07) is 18.0. The van der Waals surface area contributed by atoms with Crippen molar-refractivity contribution < 1.29 is 4.79 Å². The first-order valence-corrected chi connectivity index (χ1v) is 9.57. The van der Waals surface area contributed by atoms with Crippen LogP contribution in [0.1, 0.15) is 47.2 Å². The third-order valence-corrected chi connectivity index (χ3v) is 5.14. The van der Waals surface area contributed by atoms with Gasteiger partial charge < -0.3 is 5.32 Å². The molecule has 1 atom stereocenters. The van der Waals surface area contributed by atoms with Gasteiger partial charge in [0.25, 0.3) is 5.91 Å². The van der Waals surface area contributed by atoms with E-state index >= 15 is 0 Å². The number of aromatic nitrogens is 2. The van der Waals surface area contributed by atoms with E-state index in [0.717, 1.165) is 33.4 Å². The summed E-state index contributed by atoms with van der Waals surface area (Å²) in [5.74, 6) is 0.354. The minimum Gasteiger partial charge on any atom is -0.340 e. The third-order valence-electron chi connectivity index (χ3n) is 4.61. The second-order valence-corrected chi connectivity index (χ2v) is 7.93. The van der Waals surface area contributed by atoms with Gasteiger partial charge in [0.05, 0.1) is 17.4 Å². The van der Waals surface area contributed by atoms with Crippen molar-refractivity contribution in [3.05, 3.63) is 81.6 Å². The minimum atomic E-state index is -0.156. The largest absolute Gasteiger partial charge is 0.340 e. The molecular formula is C21H20BrN3O. The van der Waals surface area contributed by atoms with Crippen LogP contribution >= 0.6 is 15.9 Å². The Morgan fingerprint density at radius 1 is 1.12 bits per heavy atom. The van der Waals surface area contributed by atoms with Crippen LogP contribution < -0.4 is 5.32 Å². The van der Waals surface area contributed by atoms with Gasteiger partial charge in [0.1, 0.15) is 0 Å². The smallest absolute Gasteiger partial charge is 0.272 e. The van der Waals surface area contributed by atoms with Crippen LogP contribution in [0.5, 0.6) is 0 Å². The zero-order valence-corrected chi connectivity index (χ0v) is 16.3. The highest BCUT2D eigenvalue weighted by atomic mass is 79.9. The second kappa shape index (κ2) is 6.72. The van der Waals surface area contributed by atoms with Crippen LogP contribution in [-0.2, 0) is 6.42 Å². The summed E-state index contributed by atoms with van der Waals surface area (Å²) in [6.07, 6.45) is 0.860. The fourth-order valence-corrected chi connectivity index (χ4v) is 3.74. The zero-order valence-electron chi connectivity index (χ0n) is 14.7. The van der Waals surface area contributed by atoms with Crippen molar-refractivity contribution in [2.75, 3.05) is 0 Å². The zero-order chi connectivity index (χ0) is 18.3. The topological polar surface area (TPSA) is 46.9 Å². The molecule has 2 heterocycles. The van der Waals surface area contributed by atoms with Crippen molar-refractivity contribution in [2.45, 2.75) is 26.3 Å². The molecular weight excluding hydrogens is 390 g/mol. The number of halogens is 1. The molecule has 3 aromatic rings. The second-order valence-electron chi connectivity index (χ2n) is 7.01. The SMILES string of the molecule is CC(C)Cc1c2c(nn1-c1ccccc1)C(=O)NC2c1ccc(Br)cc1. The number of nitrogens with one attached hydrogen (secondary N) is 1. The van der Waals surface area contributed by atoms with Crippen LogP contribution in [0.4, 0.5) is 0 Å². The molecule has 0 aliphatic carbocycles. The standard InChI is InChI=1S/C21H20BrN3O/c1-13(2)12-17-18-19(14-8-10-15(22)11-9-14)23-21(26)20(18)24-25(17)16-6-4-3-5-7-16/h3-11,13,19H,12H2,1-2H3,(H,23,26). The number of fused-ring (bicyclic) bond motifs is 1. The first-order valence-electron chi connectivity index (χ1n) is 8.78. The summed E-state index contributed by atoms with van der Waals surface area (Å²) in [7, 11) is 0. The van der Waals surface area contributed by atoms with Crippen LogP contribution in [0.15, 0.2) is 59.1 Å². The molecule has 1 aliphatic heterocycles. The molecule has 0 spiro atoms. The van der Waals surface area contributed by atoms with Crippen LogP contribution in [0.2, 0.25) is 0 Å². The first-order chi connectivity index (χ1) is 12.5. The average Bonchev–Trinajstić information content (AvgIpc) is 3.15. The van der Waals surface area contributed by atoms with E-state index in [1.165, 1.54) is 0 Å². The molecule has 1 N–H and O–H groups in total. The summed E-state index contributed by atoms with van der Waals surface area (Å²) in [5.41, 5.74) is 4.71. The Hall–Kier alpha value is -2.40. The number of carbonyl (C=O) groups excluding carboxylic acids is 1. The lowest BCUT2D eigenvalue weighted by Gasteiger charge is -2.17. The Kier molecular flexibility index (Phi) is 4.41. The Balaban J connectivity index is 1.89. The van der Waals surface area contributed by atoms with Gasteiger partial charge in [-0.3, -0.25) is 4.79 Å². The Morgan fingerprint density at radius 3 is 2.46 bits per heavy atom. The van der Waals surface area contributed by atoms with Gasteiger partial charge in [-0.05, 0) is 42.2 Å². The van der Waals surface area contributed by atoms with E-state index in [1.54, 1.807) is 0 Å². The molecule has 5 heteroatoms. The van der Waals surface area contributed by atoms with Crippen molar-refractivity contribution in [1.82, 2.24) is 15.1 Å². The molecule has 1 aromatic heterocycles. The number of nitrogens with zero attached hydrogens (tertiary/aromatic N) is 2. The summed E-state index contributed by atoms with van der Waals surface area (Å²) in [5, 5.41) is 7.78. The van der Waals surface area contributed by atoms with E-state index in [-0.39, 0.29) is 11.9 Å². The Labute approximate surface area is 161 Å². The van der Waals surface area contributed by atoms with E-state index in [9.17, 15) is 4.79 Å². The van der Waals surface area contributed by atoms with E-state index in [1.807, 2.05) is 59.3 Å². The summed E-state index contributed by atoms with van der Waals surface area (Å²) in [6.45, 7) is 4.38. The predicted molar refractivity (Wildman–Crippen MR) is 106 cm³/mol. The van der Waals surface area contributed by atoms with E-state index in [4.69, 9.17) is 0 Å². The maximum atomic E-state index is 12.6. The number of para-hydroxylation sites is 1. The van der Waals surface area contributed by atoms with Gasteiger partial charge in [-0.2, -0.15) is 5.10 Å². The van der Waals surface area contributed by atoms with E-state index in [2.05, 4.69) is 40.2 Å². The highest BCUT2D eigenvalue weighted by Gasteiger charge is 2.37. The number of benzene rings is 2. The first kappa shape index (κ1) is 17.0. The van der Waals surface area contributed by atoms with Gasteiger partial charge in [-0.1, -0.05) is 60.1 Å². The molecule has 2 aromatic carbocycles. The Morgan fingerprint density at radius 2 is 1.81 bits per heavy atom. The molecule has 1 unspecified atom stereocenters. The van der Waals surface area contributed by atoms with Gasteiger partial charge in [0.15, 0.2) is 5.69 Å². The van der Waals surface area contributed by atoms with Crippen LogP contribution in [-0.4, -0.2) is 15.7 Å². The lowest BCUT2D eigenvalue weighted by molar-refractivity contribution is 0.0955. The number of hydrogen-bond acceptors (Lipinski definition) is 2. The molecule has 132 valence electrons. The fourth-order valence-electron chi connectivity index (χ4n) is 3.48. The van der Waals surface area contributed by atoms with E-state index < -0.39 is 0 Å². The summed E-state index contributed by atoms with van der Waals surface area (Å²) in [4.78, 5) is 12.6. The fraction of sp³-hybridized carbons (Fsp3) is 0.238. The number of rotatable bonds is 4. The van der Waals surface area contributed by atoms with Crippen LogP contribution in [0, 0.1) is 5.92 Å². The van der Waals surface area contributed by atoms with Crippen molar-refractivity contribution in [3.8, 4) is 5.69 Å². The Bertz CT molecular complexity index is 945. The molecule has 4 nitrogen and oxygen atoms in total. The van der Waals surface area contributed by atoms with Gasteiger partial charge in [0, 0.05) is 10.0 Å². The van der Waals surface area contributed by atoms with Crippen molar-refractivity contribution in [1.29, 1.82) is 0 Å². The molecule has 1 amide bonds. The minimum absolute atomic E-state index is 0.104. The number of hydrogen-bond donors (Lipinski definition) is 1. The maximum Gasteiger partial charge on any atom is 0.272 e. The van der Waals surface area contributed by atoms with Crippen LogP contribution in [0.25, 0.3) is 5.69 Å². The molecule has 0 saturated carbocycles. The molecule has 4 rings (SSSR count). The lowest BCUT2D eigenvalue weighted by atomic mass is 9.96. The number of carbonyl (C=O) groups is 1. The third kappa shape index (κ3) is 2.97. The summed E-state index contributed by atoms with van der Waals surface area (Å²) < 4.78 is 2.96. The van der Waals surface area contributed by atoms with Crippen LogP contribution in [0.3, 0.4) is 0 Å². The van der Waals surface area contributed by atoms with Gasteiger partial charge in [-0.25, -0.2) is 4.68 Å². The maximum absolute atomic E-state index is 12.6. The average molecular weight is 410 g/mol. The molecule has 0 bridgehead atoms. The monoisotopic (exact) mass is 409 g/mol. The van der Waals surface area contributed by atoms with Crippen molar-refractivity contribution in [3.63, 3.8) is 0 Å². The van der Waals surface area contributed by atoms with Crippen molar-refractivity contribution >= 4 is 21.8 Å². The molecule has 0 fully saturated rings. The summed E-state index contributed by atoms with van der Waals surface area (Å²) >= 11 is 3.48. The molecule has 1 aliphatic rings. The van der Waals surface area contributed by atoms with Gasteiger partial charge in [-0.15, -0.1) is 0 Å². The predicted octanol–water partition coefficient (Wildman–Crippen LogP) is 4.67. The quantitative estimate of drug-likeness (QED) is 0.680. The highest BCUT2D eigenvalue weighted by Crippen LogP contribution is 2.36.